The van der Waals surface area contributed by atoms with Gasteiger partial charge in [0.1, 0.15) is 0 Å². The molecule has 0 amide bonds. The molecule has 5 heteroatoms. The molecule has 2 aromatic rings. The highest BCUT2D eigenvalue weighted by Crippen LogP contribution is 2.31. The highest BCUT2D eigenvalue weighted by molar-refractivity contribution is 5.43. The molecule has 0 spiro atoms. The number of benzene rings is 1. The van der Waals surface area contributed by atoms with E-state index >= 15 is 0 Å². The summed E-state index contributed by atoms with van der Waals surface area (Å²) in [5.41, 5.74) is 0.487. The number of alkyl halides is 1. The summed E-state index contributed by atoms with van der Waals surface area (Å²) in [6, 6.07) is 4.95. The number of nitrogens with zero attached hydrogens (tertiary/aromatic N) is 2. The molecule has 4 nitrogen and oxygen atoms in total. The molecule has 0 aliphatic rings. The fraction of sp³-hybridized carbons (Fsp3) is 0.250. The van der Waals surface area contributed by atoms with E-state index in [1.165, 1.54) is 24.2 Å². The van der Waals surface area contributed by atoms with Gasteiger partial charge in [0.15, 0.2) is 11.5 Å². The second-order valence-electron chi connectivity index (χ2n) is 3.46. The summed E-state index contributed by atoms with van der Waals surface area (Å²) in [7, 11) is 3.06. The van der Waals surface area contributed by atoms with Crippen molar-refractivity contribution in [1.29, 1.82) is 0 Å². The van der Waals surface area contributed by atoms with Crippen LogP contribution in [0.5, 0.6) is 11.5 Å². The molecule has 1 unspecified atom stereocenters. The number of imidazole rings is 1. The second kappa shape index (κ2) is 4.86. The number of hydrogen-bond acceptors (Lipinski definition) is 3. The first kappa shape index (κ1) is 11.4. The molecule has 0 N–H and O–H groups in total. The van der Waals surface area contributed by atoms with Crippen LogP contribution >= 0.6 is 0 Å². The Kier molecular flexibility index (Phi) is 3.27. The van der Waals surface area contributed by atoms with Crippen molar-refractivity contribution < 1.29 is 13.9 Å². The molecule has 1 aromatic heterocycles. The Hall–Kier alpha value is -2.04. The van der Waals surface area contributed by atoms with Crippen LogP contribution in [0.1, 0.15) is 11.9 Å². The fourth-order valence-electron chi connectivity index (χ4n) is 1.58. The van der Waals surface area contributed by atoms with E-state index < -0.39 is 6.30 Å². The van der Waals surface area contributed by atoms with Gasteiger partial charge in [-0.15, -0.1) is 0 Å². The van der Waals surface area contributed by atoms with Crippen molar-refractivity contribution in [2.75, 3.05) is 14.2 Å². The van der Waals surface area contributed by atoms with E-state index in [0.29, 0.717) is 17.1 Å². The number of methoxy groups -OCH3 is 2. The van der Waals surface area contributed by atoms with E-state index in [0.717, 1.165) is 0 Å². The Morgan fingerprint density at radius 2 is 2.00 bits per heavy atom. The van der Waals surface area contributed by atoms with Crippen LogP contribution in [0, 0.1) is 0 Å². The summed E-state index contributed by atoms with van der Waals surface area (Å²) in [5, 5.41) is 0. The molecule has 0 saturated carbocycles. The average Bonchev–Trinajstić information content (AvgIpc) is 2.90. The van der Waals surface area contributed by atoms with Gasteiger partial charge < -0.3 is 14.0 Å². The lowest BCUT2D eigenvalue weighted by atomic mass is 10.2. The Bertz CT molecular complexity index is 485. The molecule has 0 aliphatic carbocycles. The molecule has 0 saturated heterocycles. The topological polar surface area (TPSA) is 36.3 Å². The molecule has 1 atom stereocenters. The van der Waals surface area contributed by atoms with E-state index in [2.05, 4.69) is 4.98 Å². The van der Waals surface area contributed by atoms with E-state index in [-0.39, 0.29) is 0 Å². The van der Waals surface area contributed by atoms with E-state index in [4.69, 9.17) is 9.47 Å². The summed E-state index contributed by atoms with van der Waals surface area (Å²) >= 11 is 0. The molecule has 1 heterocycles. The van der Waals surface area contributed by atoms with Gasteiger partial charge in [-0.2, -0.15) is 0 Å². The van der Waals surface area contributed by atoms with Crippen LogP contribution in [0.25, 0.3) is 0 Å². The maximum absolute atomic E-state index is 14.1. The molecule has 0 fully saturated rings. The Morgan fingerprint density at radius 1 is 1.24 bits per heavy atom. The number of rotatable bonds is 4. The van der Waals surface area contributed by atoms with Crippen LogP contribution in [0.2, 0.25) is 0 Å². The van der Waals surface area contributed by atoms with Crippen molar-refractivity contribution in [1.82, 2.24) is 9.55 Å². The predicted octanol–water partition coefficient (Wildman–Crippen LogP) is 2.42. The third-order valence-electron chi connectivity index (χ3n) is 2.47. The zero-order valence-electron chi connectivity index (χ0n) is 9.63. The summed E-state index contributed by atoms with van der Waals surface area (Å²) < 4.78 is 25.7. The first-order valence-electron chi connectivity index (χ1n) is 5.09. The van der Waals surface area contributed by atoms with E-state index in [1.807, 2.05) is 0 Å². The summed E-state index contributed by atoms with van der Waals surface area (Å²) in [6.45, 7) is 0. The Labute approximate surface area is 98.6 Å². The highest BCUT2D eigenvalue weighted by Gasteiger charge is 2.14. The normalized spacial score (nSPS) is 12.2. The number of hydrogen-bond donors (Lipinski definition) is 0. The first-order valence-corrected chi connectivity index (χ1v) is 5.09. The SMILES string of the molecule is COc1ccc(C(F)n2ccnc2)cc1OC. The number of ether oxygens (including phenoxy) is 2. The minimum absolute atomic E-state index is 0.487. The zero-order valence-corrected chi connectivity index (χ0v) is 9.63. The van der Waals surface area contributed by atoms with Gasteiger partial charge in [0.2, 0.25) is 6.30 Å². The lowest BCUT2D eigenvalue weighted by Gasteiger charge is -2.13. The molecule has 2 rings (SSSR count). The van der Waals surface area contributed by atoms with Crippen molar-refractivity contribution in [3.05, 3.63) is 42.5 Å². The van der Waals surface area contributed by atoms with Gasteiger partial charge in [-0.05, 0) is 12.1 Å². The lowest BCUT2D eigenvalue weighted by molar-refractivity contribution is 0.292. The standard InChI is InChI=1S/C12H13FN2O2/c1-16-10-4-3-9(7-11(10)17-2)12(13)15-6-5-14-8-15/h3-8,12H,1-2H3. The summed E-state index contributed by atoms with van der Waals surface area (Å²) in [4.78, 5) is 3.81. The third-order valence-corrected chi connectivity index (χ3v) is 2.47. The monoisotopic (exact) mass is 236 g/mol. The van der Waals surface area contributed by atoms with Gasteiger partial charge in [-0.3, -0.25) is 0 Å². The van der Waals surface area contributed by atoms with Crippen molar-refractivity contribution in [3.63, 3.8) is 0 Å². The van der Waals surface area contributed by atoms with Crippen LogP contribution in [-0.2, 0) is 0 Å². The summed E-state index contributed by atoms with van der Waals surface area (Å²) in [5.74, 6) is 1.09. The van der Waals surface area contributed by atoms with Crippen molar-refractivity contribution >= 4 is 0 Å². The van der Waals surface area contributed by atoms with Gasteiger partial charge >= 0.3 is 0 Å². The molecular formula is C12H13FN2O2. The maximum Gasteiger partial charge on any atom is 0.203 e. The molecule has 0 aliphatic heterocycles. The van der Waals surface area contributed by atoms with Gasteiger partial charge in [0.05, 0.1) is 20.5 Å². The predicted molar refractivity (Wildman–Crippen MR) is 61.0 cm³/mol. The minimum atomic E-state index is -1.28. The molecular weight excluding hydrogens is 223 g/mol. The molecule has 17 heavy (non-hydrogen) atoms. The fourth-order valence-corrected chi connectivity index (χ4v) is 1.58. The maximum atomic E-state index is 14.1. The van der Waals surface area contributed by atoms with Gasteiger partial charge in [0.25, 0.3) is 0 Å². The van der Waals surface area contributed by atoms with Crippen molar-refractivity contribution in [2.24, 2.45) is 0 Å². The number of aromatic nitrogens is 2. The van der Waals surface area contributed by atoms with Crippen LogP contribution in [-0.4, -0.2) is 23.8 Å². The quantitative estimate of drug-likeness (QED) is 0.818. The van der Waals surface area contributed by atoms with Crippen LogP contribution in [0.4, 0.5) is 4.39 Å². The third kappa shape index (κ3) is 2.22. The smallest absolute Gasteiger partial charge is 0.203 e. The molecule has 1 aromatic carbocycles. The summed E-state index contributed by atoms with van der Waals surface area (Å²) in [6.07, 6.45) is 3.26. The lowest BCUT2D eigenvalue weighted by Crippen LogP contribution is -2.03. The highest BCUT2D eigenvalue weighted by atomic mass is 19.1. The van der Waals surface area contributed by atoms with E-state index in [9.17, 15) is 4.39 Å². The Balaban J connectivity index is 2.33. The van der Waals surface area contributed by atoms with Crippen LogP contribution in [0.15, 0.2) is 36.9 Å². The van der Waals surface area contributed by atoms with E-state index in [1.54, 1.807) is 31.5 Å². The molecule has 90 valence electrons. The zero-order chi connectivity index (χ0) is 12.3. The molecule has 0 bridgehead atoms. The largest absolute Gasteiger partial charge is 0.493 e. The van der Waals surface area contributed by atoms with Crippen LogP contribution < -0.4 is 9.47 Å². The number of halogens is 1. The van der Waals surface area contributed by atoms with Crippen LogP contribution in [0.3, 0.4) is 0 Å². The van der Waals surface area contributed by atoms with Gasteiger partial charge in [-0.25, -0.2) is 9.37 Å². The Morgan fingerprint density at radius 3 is 2.59 bits per heavy atom. The van der Waals surface area contributed by atoms with Crippen molar-refractivity contribution in [3.8, 4) is 11.5 Å². The first-order chi connectivity index (χ1) is 8.26. The van der Waals surface area contributed by atoms with Gasteiger partial charge in [-0.1, -0.05) is 6.07 Å². The van der Waals surface area contributed by atoms with Gasteiger partial charge in [0, 0.05) is 18.0 Å². The minimum Gasteiger partial charge on any atom is -0.493 e. The van der Waals surface area contributed by atoms with Crippen molar-refractivity contribution in [2.45, 2.75) is 6.30 Å². The molecule has 0 radical (unpaired) electrons. The second-order valence-corrected chi connectivity index (χ2v) is 3.46. The average molecular weight is 236 g/mol.